The summed E-state index contributed by atoms with van der Waals surface area (Å²) in [4.78, 5) is 34.5. The molecule has 1 fully saturated rings. The van der Waals surface area contributed by atoms with Gasteiger partial charge in [0.15, 0.2) is 18.5 Å². The molecule has 0 bridgehead atoms. The maximum absolute atomic E-state index is 11.7. The van der Waals surface area contributed by atoms with Gasteiger partial charge >= 0.3 is 5.97 Å². The largest absolute Gasteiger partial charge is 0.481 e. The summed E-state index contributed by atoms with van der Waals surface area (Å²) < 4.78 is 10.3. The van der Waals surface area contributed by atoms with E-state index in [0.29, 0.717) is 12.8 Å². The Bertz CT molecular complexity index is 555. The average molecular weight is 291 g/mol. The van der Waals surface area contributed by atoms with Gasteiger partial charge < -0.3 is 15.2 Å². The maximum atomic E-state index is 11.7. The number of para-hydroxylation sites is 1. The first-order valence-electron chi connectivity index (χ1n) is 6.82. The molecule has 2 N–H and O–H groups in total. The number of carbonyl (C=O) groups excluding carboxylic acids is 3. The van der Waals surface area contributed by atoms with Crippen LogP contribution in [0.5, 0.6) is 5.75 Å². The van der Waals surface area contributed by atoms with E-state index >= 15 is 0 Å². The van der Waals surface area contributed by atoms with Crippen LogP contribution in [-0.4, -0.2) is 30.4 Å². The van der Waals surface area contributed by atoms with E-state index in [2.05, 4.69) is 0 Å². The van der Waals surface area contributed by atoms with Gasteiger partial charge in [-0.15, -0.1) is 0 Å². The Labute approximate surface area is 122 Å². The van der Waals surface area contributed by atoms with Gasteiger partial charge in [0.05, 0.1) is 5.56 Å². The average Bonchev–Trinajstić information content (AvgIpc) is 2.48. The fraction of sp³-hybridized carbons (Fsp3) is 0.400. The number of Topliss-reactive ketones (excluding diaryl/α,β-unsaturated/α-hetero) is 1. The number of amides is 1. The van der Waals surface area contributed by atoms with Crippen LogP contribution in [0.3, 0.4) is 0 Å². The van der Waals surface area contributed by atoms with E-state index in [1.807, 2.05) is 0 Å². The standard InChI is InChI=1S/C15H17NO5/c16-15(19)10-5-1-3-7-12(10)20-9-14(18)21-13-8-4-2-6-11(13)17/h1,3,5,7,13H,2,4,6,8-9H2,(H2,16,19)/t13-/m1/s1. The number of nitrogens with two attached hydrogens (primary N) is 1. The van der Waals surface area contributed by atoms with Gasteiger partial charge in [0, 0.05) is 6.42 Å². The number of rotatable bonds is 5. The number of hydrogen-bond donors (Lipinski definition) is 1. The van der Waals surface area contributed by atoms with Gasteiger partial charge in [0.1, 0.15) is 5.75 Å². The summed E-state index contributed by atoms with van der Waals surface area (Å²) in [6, 6.07) is 6.36. The Hall–Kier alpha value is -2.37. The van der Waals surface area contributed by atoms with E-state index in [0.717, 1.165) is 12.8 Å². The lowest BCUT2D eigenvalue weighted by Gasteiger charge is -2.20. The Morgan fingerprint density at radius 3 is 2.71 bits per heavy atom. The highest BCUT2D eigenvalue weighted by Gasteiger charge is 2.26. The summed E-state index contributed by atoms with van der Waals surface area (Å²) in [6.45, 7) is -0.367. The topological polar surface area (TPSA) is 95.7 Å². The minimum atomic E-state index is -0.666. The van der Waals surface area contributed by atoms with Crippen molar-refractivity contribution in [2.45, 2.75) is 31.8 Å². The zero-order valence-corrected chi connectivity index (χ0v) is 11.5. The lowest BCUT2D eigenvalue weighted by Crippen LogP contribution is -2.32. The summed E-state index contributed by atoms with van der Waals surface area (Å²) in [6.07, 6.45) is 2.05. The molecular formula is C15H17NO5. The third-order valence-electron chi connectivity index (χ3n) is 3.27. The molecular weight excluding hydrogens is 274 g/mol. The molecule has 1 aliphatic rings. The van der Waals surface area contributed by atoms with Crippen molar-refractivity contribution in [2.75, 3.05) is 6.61 Å². The Morgan fingerprint density at radius 1 is 1.24 bits per heavy atom. The summed E-state index contributed by atoms with van der Waals surface area (Å²) in [5, 5.41) is 0. The van der Waals surface area contributed by atoms with Gasteiger partial charge in [0.2, 0.25) is 0 Å². The Balaban J connectivity index is 1.89. The number of carbonyl (C=O) groups is 3. The maximum Gasteiger partial charge on any atom is 0.344 e. The smallest absolute Gasteiger partial charge is 0.344 e. The summed E-state index contributed by atoms with van der Waals surface area (Å²) in [7, 11) is 0. The van der Waals surface area contributed by atoms with E-state index in [4.69, 9.17) is 15.2 Å². The molecule has 1 atom stereocenters. The first-order valence-corrected chi connectivity index (χ1v) is 6.82. The van der Waals surface area contributed by atoms with Crippen LogP contribution in [0.25, 0.3) is 0 Å². The molecule has 112 valence electrons. The number of benzene rings is 1. The molecule has 1 aromatic rings. The van der Waals surface area contributed by atoms with Crippen LogP contribution in [-0.2, 0) is 14.3 Å². The lowest BCUT2D eigenvalue weighted by molar-refractivity contribution is -0.158. The summed E-state index contributed by atoms with van der Waals surface area (Å²) >= 11 is 0. The van der Waals surface area contributed by atoms with Crippen molar-refractivity contribution in [3.8, 4) is 5.75 Å². The molecule has 0 aliphatic heterocycles. The second kappa shape index (κ2) is 6.88. The third kappa shape index (κ3) is 4.05. The van der Waals surface area contributed by atoms with E-state index < -0.39 is 18.0 Å². The van der Waals surface area contributed by atoms with Gasteiger partial charge in [-0.05, 0) is 31.4 Å². The summed E-state index contributed by atoms with van der Waals surface area (Å²) in [5.41, 5.74) is 5.40. The molecule has 0 radical (unpaired) electrons. The normalized spacial score (nSPS) is 18.1. The van der Waals surface area contributed by atoms with Crippen LogP contribution in [0.15, 0.2) is 24.3 Å². The molecule has 0 heterocycles. The molecule has 1 amide bonds. The van der Waals surface area contributed by atoms with Gasteiger partial charge in [-0.2, -0.15) is 0 Å². The van der Waals surface area contributed by atoms with Crippen molar-refractivity contribution in [1.29, 1.82) is 0 Å². The highest BCUT2D eigenvalue weighted by atomic mass is 16.6. The number of primary amides is 1. The predicted molar refractivity (Wildman–Crippen MR) is 73.8 cm³/mol. The second-order valence-electron chi connectivity index (χ2n) is 4.84. The van der Waals surface area contributed by atoms with Crippen molar-refractivity contribution in [3.05, 3.63) is 29.8 Å². The highest BCUT2D eigenvalue weighted by Crippen LogP contribution is 2.19. The molecule has 1 aromatic carbocycles. The minimum Gasteiger partial charge on any atom is -0.481 e. The van der Waals surface area contributed by atoms with Crippen molar-refractivity contribution >= 4 is 17.7 Å². The van der Waals surface area contributed by atoms with Crippen LogP contribution in [0.2, 0.25) is 0 Å². The zero-order chi connectivity index (χ0) is 15.2. The molecule has 0 unspecified atom stereocenters. The molecule has 0 aromatic heterocycles. The van der Waals surface area contributed by atoms with E-state index in [1.54, 1.807) is 18.2 Å². The summed E-state index contributed by atoms with van der Waals surface area (Å²) in [5.74, 6) is -1.10. The number of ketones is 1. The number of hydrogen-bond acceptors (Lipinski definition) is 5. The Morgan fingerprint density at radius 2 is 2.00 bits per heavy atom. The second-order valence-corrected chi connectivity index (χ2v) is 4.84. The molecule has 1 saturated carbocycles. The molecule has 6 heteroatoms. The number of ether oxygens (including phenoxy) is 2. The Kier molecular flexibility index (Phi) is 4.92. The third-order valence-corrected chi connectivity index (χ3v) is 3.27. The first kappa shape index (κ1) is 15.0. The van der Waals surface area contributed by atoms with Crippen molar-refractivity contribution in [3.63, 3.8) is 0 Å². The van der Waals surface area contributed by atoms with Crippen molar-refractivity contribution in [1.82, 2.24) is 0 Å². The van der Waals surface area contributed by atoms with Crippen LogP contribution in [0.4, 0.5) is 0 Å². The van der Waals surface area contributed by atoms with E-state index in [1.165, 1.54) is 6.07 Å². The van der Waals surface area contributed by atoms with E-state index in [9.17, 15) is 14.4 Å². The van der Waals surface area contributed by atoms with Crippen molar-refractivity contribution < 1.29 is 23.9 Å². The fourth-order valence-corrected chi connectivity index (χ4v) is 2.20. The molecule has 2 rings (SSSR count). The molecule has 0 spiro atoms. The fourth-order valence-electron chi connectivity index (χ4n) is 2.20. The zero-order valence-electron chi connectivity index (χ0n) is 11.5. The molecule has 0 saturated heterocycles. The quantitative estimate of drug-likeness (QED) is 0.823. The van der Waals surface area contributed by atoms with Gasteiger partial charge in [0.25, 0.3) is 5.91 Å². The van der Waals surface area contributed by atoms with E-state index in [-0.39, 0.29) is 23.7 Å². The molecule has 6 nitrogen and oxygen atoms in total. The first-order chi connectivity index (χ1) is 10.1. The van der Waals surface area contributed by atoms with Crippen LogP contribution >= 0.6 is 0 Å². The predicted octanol–water partition coefficient (Wildman–Crippen LogP) is 1.22. The van der Waals surface area contributed by atoms with Gasteiger partial charge in [-0.3, -0.25) is 9.59 Å². The van der Waals surface area contributed by atoms with Crippen LogP contribution in [0.1, 0.15) is 36.0 Å². The molecule has 21 heavy (non-hydrogen) atoms. The highest BCUT2D eigenvalue weighted by molar-refractivity contribution is 5.95. The van der Waals surface area contributed by atoms with Gasteiger partial charge in [-0.1, -0.05) is 12.1 Å². The van der Waals surface area contributed by atoms with Crippen molar-refractivity contribution in [2.24, 2.45) is 5.73 Å². The number of esters is 1. The van der Waals surface area contributed by atoms with Crippen LogP contribution in [0, 0.1) is 0 Å². The monoisotopic (exact) mass is 291 g/mol. The lowest BCUT2D eigenvalue weighted by atomic mass is 9.96. The minimum absolute atomic E-state index is 0.0489. The SMILES string of the molecule is NC(=O)c1ccccc1OCC(=O)O[C@@H]1CCCCC1=O. The molecule has 1 aliphatic carbocycles. The van der Waals surface area contributed by atoms with Crippen LogP contribution < -0.4 is 10.5 Å². The van der Waals surface area contributed by atoms with Gasteiger partial charge in [-0.25, -0.2) is 4.79 Å².